The van der Waals surface area contributed by atoms with Gasteiger partial charge in [0.25, 0.3) is 0 Å². The fraction of sp³-hybridized carbons (Fsp3) is 0.240. The second kappa shape index (κ2) is 7.74. The molecule has 0 saturated heterocycles. The number of para-hydroxylation sites is 2. The molecule has 0 radical (unpaired) electrons. The van der Waals surface area contributed by atoms with Crippen LogP contribution in [0.1, 0.15) is 35.5 Å². The highest BCUT2D eigenvalue weighted by atomic mass is 32.2. The fourth-order valence-electron chi connectivity index (χ4n) is 4.84. The average Bonchev–Trinajstić information content (AvgIpc) is 3.19. The minimum Gasteiger partial charge on any atom is -0.375 e. The van der Waals surface area contributed by atoms with Crippen molar-refractivity contribution in [1.82, 2.24) is 9.88 Å². The maximum Gasteiger partial charge on any atom is 0.534 e. The summed E-state index contributed by atoms with van der Waals surface area (Å²) >= 11 is 0. The van der Waals surface area contributed by atoms with Gasteiger partial charge in [0.05, 0.1) is 11.1 Å². The number of ketones is 1. The molecular weight excluding hydrogens is 481 g/mol. The SMILES string of the molecule is CC1=CC(C(=O)c2ccccc2OS(=O)(=O)C(F)(F)F)=CN2CCc3c([nH]c4ccccc34)C12C. The third kappa shape index (κ3) is 3.54. The lowest BCUT2D eigenvalue weighted by molar-refractivity contribution is -0.0500. The molecule has 182 valence electrons. The van der Waals surface area contributed by atoms with Crippen molar-refractivity contribution in [3.8, 4) is 5.75 Å². The molecule has 5 rings (SSSR count). The zero-order chi connectivity index (χ0) is 25.2. The van der Waals surface area contributed by atoms with Gasteiger partial charge in [-0.2, -0.15) is 21.6 Å². The summed E-state index contributed by atoms with van der Waals surface area (Å²) in [4.78, 5) is 18.9. The summed E-state index contributed by atoms with van der Waals surface area (Å²) in [7, 11) is -5.93. The van der Waals surface area contributed by atoms with E-state index < -0.39 is 32.7 Å². The number of carbonyl (C=O) groups is 1. The van der Waals surface area contributed by atoms with Crippen LogP contribution in [0.3, 0.4) is 0 Å². The second-order valence-electron chi connectivity index (χ2n) is 8.76. The number of nitrogens with one attached hydrogen (secondary N) is 1. The minimum atomic E-state index is -5.93. The molecule has 3 aromatic rings. The van der Waals surface area contributed by atoms with Gasteiger partial charge in [-0.1, -0.05) is 30.3 Å². The first kappa shape index (κ1) is 23.2. The van der Waals surface area contributed by atoms with E-state index in [4.69, 9.17) is 0 Å². The zero-order valence-electron chi connectivity index (χ0n) is 18.8. The van der Waals surface area contributed by atoms with Crippen molar-refractivity contribution in [1.29, 1.82) is 0 Å². The molecule has 1 atom stereocenters. The summed E-state index contributed by atoms with van der Waals surface area (Å²) in [5.41, 5.74) is -2.09. The van der Waals surface area contributed by atoms with Gasteiger partial charge < -0.3 is 14.1 Å². The van der Waals surface area contributed by atoms with Gasteiger partial charge in [0.1, 0.15) is 0 Å². The monoisotopic (exact) mass is 502 g/mol. The van der Waals surface area contributed by atoms with Crippen LogP contribution in [0, 0.1) is 0 Å². The molecule has 0 saturated carbocycles. The van der Waals surface area contributed by atoms with Crippen LogP contribution in [0.15, 0.2) is 72.0 Å². The Bertz CT molecular complexity index is 1540. The molecule has 0 amide bonds. The molecule has 0 aliphatic carbocycles. The Kier molecular flexibility index (Phi) is 5.14. The standard InChI is InChI=1S/C25H21F3N2O4S/c1-15-13-16(22(31)19-8-4-6-10-21(19)34-35(32,33)25(26,27)28)14-30-12-11-18-17-7-3-5-9-20(17)29-23(18)24(15,30)2/h3-10,13-14,29H,11-12H2,1-2H3. The Morgan fingerprint density at radius 2 is 1.80 bits per heavy atom. The first-order chi connectivity index (χ1) is 16.4. The van der Waals surface area contributed by atoms with Gasteiger partial charge in [-0.15, -0.1) is 0 Å². The van der Waals surface area contributed by atoms with E-state index in [0.29, 0.717) is 6.54 Å². The number of nitrogens with zero attached hydrogens (tertiary/aromatic N) is 1. The summed E-state index contributed by atoms with van der Waals surface area (Å²) in [5.74, 6) is -1.31. The van der Waals surface area contributed by atoms with E-state index >= 15 is 0 Å². The minimum absolute atomic E-state index is 0.222. The highest BCUT2D eigenvalue weighted by Gasteiger charge is 2.49. The number of aromatic nitrogens is 1. The van der Waals surface area contributed by atoms with E-state index in [-0.39, 0.29) is 11.1 Å². The van der Waals surface area contributed by atoms with Crippen molar-refractivity contribution in [2.24, 2.45) is 0 Å². The van der Waals surface area contributed by atoms with E-state index in [1.54, 1.807) is 12.3 Å². The molecule has 3 heterocycles. The molecule has 2 aromatic carbocycles. The molecule has 1 unspecified atom stereocenters. The van der Waals surface area contributed by atoms with Gasteiger partial charge >= 0.3 is 15.6 Å². The van der Waals surface area contributed by atoms with Crippen LogP contribution in [0.25, 0.3) is 10.9 Å². The van der Waals surface area contributed by atoms with E-state index in [1.807, 2.05) is 30.0 Å². The summed E-state index contributed by atoms with van der Waals surface area (Å²) in [5, 5.41) is 1.15. The molecule has 2 aliphatic heterocycles. The highest BCUT2D eigenvalue weighted by molar-refractivity contribution is 7.88. The Balaban J connectivity index is 1.53. The van der Waals surface area contributed by atoms with E-state index in [1.165, 1.54) is 23.8 Å². The Morgan fingerprint density at radius 3 is 2.54 bits per heavy atom. The quantitative estimate of drug-likeness (QED) is 0.302. The molecule has 35 heavy (non-hydrogen) atoms. The number of hydrogen-bond acceptors (Lipinski definition) is 5. The number of aromatic amines is 1. The lowest BCUT2D eigenvalue weighted by atomic mass is 9.78. The number of hydrogen-bond donors (Lipinski definition) is 1. The van der Waals surface area contributed by atoms with Gasteiger partial charge in [-0.05, 0) is 55.7 Å². The van der Waals surface area contributed by atoms with Crippen molar-refractivity contribution in [2.45, 2.75) is 31.3 Å². The summed E-state index contributed by atoms with van der Waals surface area (Å²) in [6, 6.07) is 13.0. The number of halogens is 3. The van der Waals surface area contributed by atoms with Gasteiger partial charge in [0.2, 0.25) is 0 Å². The number of allylic oxidation sites excluding steroid dienone is 2. The van der Waals surface area contributed by atoms with Gasteiger partial charge in [-0.25, -0.2) is 0 Å². The molecule has 0 bridgehead atoms. The predicted molar refractivity (Wildman–Crippen MR) is 124 cm³/mol. The third-order valence-corrected chi connectivity index (χ3v) is 7.76. The second-order valence-corrected chi connectivity index (χ2v) is 10.3. The van der Waals surface area contributed by atoms with Gasteiger partial charge in [0, 0.05) is 34.9 Å². The van der Waals surface area contributed by atoms with E-state index in [9.17, 15) is 26.4 Å². The van der Waals surface area contributed by atoms with Crippen molar-refractivity contribution < 1.29 is 30.6 Å². The smallest absolute Gasteiger partial charge is 0.375 e. The third-order valence-electron chi connectivity index (χ3n) is 6.79. The van der Waals surface area contributed by atoms with Crippen molar-refractivity contribution in [3.05, 3.63) is 88.8 Å². The van der Waals surface area contributed by atoms with Crippen LogP contribution in [0.2, 0.25) is 0 Å². The molecule has 1 N–H and O–H groups in total. The molecule has 1 aromatic heterocycles. The van der Waals surface area contributed by atoms with Crippen molar-refractivity contribution in [3.63, 3.8) is 0 Å². The average molecular weight is 503 g/mol. The number of rotatable bonds is 4. The number of benzene rings is 2. The van der Waals surface area contributed by atoms with Crippen LogP contribution >= 0.6 is 0 Å². The van der Waals surface area contributed by atoms with Crippen LogP contribution in [0.5, 0.6) is 5.75 Å². The Labute approximate surface area is 199 Å². The number of Topliss-reactive ketones (excluding diaryl/α,β-unsaturated/α-hetero) is 1. The van der Waals surface area contributed by atoms with Crippen LogP contribution in [-0.2, 0) is 22.1 Å². The zero-order valence-corrected chi connectivity index (χ0v) is 19.6. The highest BCUT2D eigenvalue weighted by Crippen LogP contribution is 2.46. The van der Waals surface area contributed by atoms with Crippen molar-refractivity contribution >= 4 is 26.8 Å². The molecule has 10 heteroatoms. The maximum absolute atomic E-state index is 13.4. The first-order valence-corrected chi connectivity index (χ1v) is 12.3. The van der Waals surface area contributed by atoms with Gasteiger partial charge in [0.15, 0.2) is 11.5 Å². The first-order valence-electron chi connectivity index (χ1n) is 10.9. The largest absolute Gasteiger partial charge is 0.534 e. The summed E-state index contributed by atoms with van der Waals surface area (Å²) in [6.07, 6.45) is 4.11. The van der Waals surface area contributed by atoms with Crippen LogP contribution in [0.4, 0.5) is 13.2 Å². The lowest BCUT2D eigenvalue weighted by Gasteiger charge is -2.47. The van der Waals surface area contributed by atoms with Crippen LogP contribution in [-0.4, -0.2) is 36.1 Å². The van der Waals surface area contributed by atoms with Crippen molar-refractivity contribution in [2.75, 3.05) is 6.54 Å². The number of alkyl halides is 3. The Hall–Kier alpha value is -3.53. The summed E-state index contributed by atoms with van der Waals surface area (Å²) in [6.45, 7) is 4.56. The normalized spacial score (nSPS) is 20.1. The van der Waals surface area contributed by atoms with E-state index in [0.717, 1.165) is 34.7 Å². The van der Waals surface area contributed by atoms with E-state index in [2.05, 4.69) is 22.2 Å². The van der Waals surface area contributed by atoms with Crippen LogP contribution < -0.4 is 4.18 Å². The summed E-state index contributed by atoms with van der Waals surface area (Å²) < 4.78 is 66.0. The predicted octanol–water partition coefficient (Wildman–Crippen LogP) is 5.20. The molecule has 6 nitrogen and oxygen atoms in total. The molecule has 0 spiro atoms. The molecule has 0 fully saturated rings. The topological polar surface area (TPSA) is 79.5 Å². The number of carbonyl (C=O) groups excluding carboxylic acids is 1. The number of fused-ring (bicyclic) bond motifs is 5. The maximum atomic E-state index is 13.4. The fourth-order valence-corrected chi connectivity index (χ4v) is 5.32. The number of H-pyrrole nitrogens is 1. The molecular formula is C25H21F3N2O4S. The van der Waals surface area contributed by atoms with Gasteiger partial charge in [-0.3, -0.25) is 4.79 Å². The lowest BCUT2D eigenvalue weighted by Crippen LogP contribution is -2.48. The Morgan fingerprint density at radius 1 is 1.11 bits per heavy atom. The molecule has 2 aliphatic rings.